The van der Waals surface area contributed by atoms with Gasteiger partial charge in [0.15, 0.2) is 0 Å². The third-order valence-corrected chi connectivity index (χ3v) is 2.27. The van der Waals surface area contributed by atoms with Crippen LogP contribution in [0.4, 0.5) is 0 Å². The van der Waals surface area contributed by atoms with Crippen molar-refractivity contribution in [3.05, 3.63) is 35.9 Å². The molecule has 0 amide bonds. The minimum absolute atomic E-state index is 0. The van der Waals surface area contributed by atoms with Crippen LogP contribution in [0, 0.1) is 0 Å². The average Bonchev–Trinajstić information content (AvgIpc) is 2.29. The summed E-state index contributed by atoms with van der Waals surface area (Å²) in [6.07, 6.45) is 0.436. The van der Waals surface area contributed by atoms with Gasteiger partial charge in [-0.2, -0.15) is 0 Å². The van der Waals surface area contributed by atoms with Crippen molar-refractivity contribution >= 4 is 30.0 Å². The standard InChI is InChI=1S/C11H15ClN2O2.ClH/c12-6-7-13-14-10(11(15)16)8-9-4-2-1-3-5-9;/h1-5,10,13-14H,6-8H2,(H,15,16);1H. The summed E-state index contributed by atoms with van der Waals surface area (Å²) in [5.74, 6) is -0.448. The van der Waals surface area contributed by atoms with Crippen LogP contribution >= 0.6 is 24.0 Å². The third kappa shape index (κ3) is 6.48. The molecule has 0 radical (unpaired) electrons. The summed E-state index contributed by atoms with van der Waals surface area (Å²) in [7, 11) is 0. The summed E-state index contributed by atoms with van der Waals surface area (Å²) >= 11 is 5.47. The lowest BCUT2D eigenvalue weighted by Crippen LogP contribution is -2.47. The zero-order chi connectivity index (χ0) is 11.8. The number of halogens is 2. The molecule has 0 saturated heterocycles. The lowest BCUT2D eigenvalue weighted by Gasteiger charge is -2.14. The van der Waals surface area contributed by atoms with Crippen LogP contribution in [-0.2, 0) is 11.2 Å². The molecule has 4 nitrogen and oxygen atoms in total. The fraction of sp³-hybridized carbons (Fsp3) is 0.364. The number of aliphatic carboxylic acids is 1. The highest BCUT2D eigenvalue weighted by Gasteiger charge is 2.16. The van der Waals surface area contributed by atoms with Gasteiger partial charge in [0.2, 0.25) is 0 Å². The van der Waals surface area contributed by atoms with E-state index in [0.29, 0.717) is 18.8 Å². The number of rotatable bonds is 7. The molecule has 96 valence electrons. The van der Waals surface area contributed by atoms with Gasteiger partial charge in [0.05, 0.1) is 0 Å². The van der Waals surface area contributed by atoms with E-state index in [0.717, 1.165) is 5.56 Å². The lowest BCUT2D eigenvalue weighted by atomic mass is 10.1. The summed E-state index contributed by atoms with van der Waals surface area (Å²) in [5.41, 5.74) is 6.49. The lowest BCUT2D eigenvalue weighted by molar-refractivity contribution is -0.139. The smallest absolute Gasteiger partial charge is 0.322 e. The molecule has 0 bridgehead atoms. The van der Waals surface area contributed by atoms with Crippen molar-refractivity contribution in [2.45, 2.75) is 12.5 Å². The van der Waals surface area contributed by atoms with Crippen molar-refractivity contribution in [1.82, 2.24) is 10.9 Å². The number of carbonyl (C=O) groups is 1. The van der Waals surface area contributed by atoms with Crippen molar-refractivity contribution in [2.24, 2.45) is 0 Å². The number of benzene rings is 1. The van der Waals surface area contributed by atoms with Gasteiger partial charge in [0.25, 0.3) is 0 Å². The normalized spacial score (nSPS) is 11.6. The molecule has 0 aliphatic carbocycles. The second-order valence-corrected chi connectivity index (χ2v) is 3.72. The van der Waals surface area contributed by atoms with E-state index in [4.69, 9.17) is 16.7 Å². The first kappa shape index (κ1) is 16.2. The number of hydrazine groups is 1. The molecular formula is C11H16Cl2N2O2. The van der Waals surface area contributed by atoms with E-state index in [-0.39, 0.29) is 12.4 Å². The van der Waals surface area contributed by atoms with E-state index in [1.54, 1.807) is 0 Å². The number of hydrogen-bond acceptors (Lipinski definition) is 3. The molecule has 6 heteroatoms. The molecule has 1 aromatic rings. The maximum atomic E-state index is 11.0. The van der Waals surface area contributed by atoms with E-state index in [1.807, 2.05) is 30.3 Å². The number of carboxylic acids is 1. The summed E-state index contributed by atoms with van der Waals surface area (Å²) < 4.78 is 0. The molecule has 0 heterocycles. The van der Waals surface area contributed by atoms with Crippen LogP contribution in [0.3, 0.4) is 0 Å². The van der Waals surface area contributed by atoms with E-state index in [9.17, 15) is 4.79 Å². The highest BCUT2D eigenvalue weighted by atomic mass is 35.5. The highest BCUT2D eigenvalue weighted by molar-refractivity contribution is 6.18. The Balaban J connectivity index is 0.00000256. The molecule has 1 rings (SSSR count). The first-order valence-electron chi connectivity index (χ1n) is 5.05. The van der Waals surface area contributed by atoms with Crippen molar-refractivity contribution in [1.29, 1.82) is 0 Å². The summed E-state index contributed by atoms with van der Waals surface area (Å²) in [6, 6.07) is 8.84. The molecule has 0 aromatic heterocycles. The van der Waals surface area contributed by atoms with E-state index >= 15 is 0 Å². The quantitative estimate of drug-likeness (QED) is 0.401. The van der Waals surface area contributed by atoms with E-state index < -0.39 is 12.0 Å². The fourth-order valence-electron chi connectivity index (χ4n) is 1.29. The number of nitrogens with one attached hydrogen (secondary N) is 2. The van der Waals surface area contributed by atoms with Gasteiger partial charge in [-0.05, 0) is 12.0 Å². The van der Waals surface area contributed by atoms with Gasteiger partial charge in [-0.1, -0.05) is 30.3 Å². The Kier molecular flexibility index (Phi) is 8.80. The third-order valence-electron chi connectivity index (χ3n) is 2.08. The van der Waals surface area contributed by atoms with Crippen molar-refractivity contribution in [3.63, 3.8) is 0 Å². The van der Waals surface area contributed by atoms with Gasteiger partial charge < -0.3 is 5.11 Å². The van der Waals surface area contributed by atoms with Gasteiger partial charge in [0, 0.05) is 12.4 Å². The predicted octanol–water partition coefficient (Wildman–Crippen LogP) is 1.44. The van der Waals surface area contributed by atoms with Crippen molar-refractivity contribution in [2.75, 3.05) is 12.4 Å². The van der Waals surface area contributed by atoms with E-state index in [2.05, 4.69) is 10.9 Å². The minimum Gasteiger partial charge on any atom is -0.480 e. The van der Waals surface area contributed by atoms with Crippen LogP contribution in [0.15, 0.2) is 30.3 Å². The van der Waals surface area contributed by atoms with Gasteiger partial charge in [-0.15, -0.1) is 24.0 Å². The molecule has 0 saturated carbocycles. The van der Waals surface area contributed by atoms with Crippen molar-refractivity contribution in [3.8, 4) is 0 Å². The Morgan fingerprint density at radius 3 is 2.53 bits per heavy atom. The molecule has 0 aliphatic heterocycles. The van der Waals surface area contributed by atoms with E-state index in [1.165, 1.54) is 0 Å². The molecular weight excluding hydrogens is 263 g/mol. The monoisotopic (exact) mass is 278 g/mol. The Morgan fingerprint density at radius 2 is 2.00 bits per heavy atom. The molecule has 1 aromatic carbocycles. The molecule has 17 heavy (non-hydrogen) atoms. The predicted molar refractivity (Wildman–Crippen MR) is 70.7 cm³/mol. The van der Waals surface area contributed by atoms with Gasteiger partial charge >= 0.3 is 5.97 Å². The van der Waals surface area contributed by atoms with Crippen LogP contribution in [-0.4, -0.2) is 29.5 Å². The maximum absolute atomic E-state index is 11.0. The number of alkyl halides is 1. The second-order valence-electron chi connectivity index (χ2n) is 3.34. The SMILES string of the molecule is Cl.O=C(O)C(Cc1ccccc1)NNCCCl. The summed E-state index contributed by atoms with van der Waals surface area (Å²) in [6.45, 7) is 0.528. The Labute approximate surface area is 112 Å². The van der Waals surface area contributed by atoms with Crippen molar-refractivity contribution < 1.29 is 9.90 Å². The molecule has 3 N–H and O–H groups in total. The van der Waals surface area contributed by atoms with Crippen LogP contribution in [0.5, 0.6) is 0 Å². The molecule has 0 spiro atoms. The average molecular weight is 279 g/mol. The molecule has 1 atom stereocenters. The van der Waals surface area contributed by atoms with Crippen LogP contribution in [0.2, 0.25) is 0 Å². The first-order valence-corrected chi connectivity index (χ1v) is 5.58. The molecule has 0 fully saturated rings. The zero-order valence-electron chi connectivity index (χ0n) is 9.23. The number of carboxylic acid groups (broad SMARTS) is 1. The summed E-state index contributed by atoms with van der Waals surface area (Å²) in [4.78, 5) is 11.0. The summed E-state index contributed by atoms with van der Waals surface area (Å²) in [5, 5.41) is 9.00. The Hall–Kier alpha value is -0.810. The Morgan fingerprint density at radius 1 is 1.35 bits per heavy atom. The van der Waals surface area contributed by atoms with Gasteiger partial charge in [-0.25, -0.2) is 5.43 Å². The fourth-order valence-corrected chi connectivity index (χ4v) is 1.39. The van der Waals surface area contributed by atoms with Crippen LogP contribution in [0.1, 0.15) is 5.56 Å². The topological polar surface area (TPSA) is 61.4 Å². The zero-order valence-corrected chi connectivity index (χ0v) is 10.8. The van der Waals surface area contributed by atoms with Crippen LogP contribution < -0.4 is 10.9 Å². The number of hydrogen-bond donors (Lipinski definition) is 3. The van der Waals surface area contributed by atoms with Gasteiger partial charge in [0.1, 0.15) is 6.04 Å². The van der Waals surface area contributed by atoms with Crippen LogP contribution in [0.25, 0.3) is 0 Å². The maximum Gasteiger partial charge on any atom is 0.322 e. The van der Waals surface area contributed by atoms with Gasteiger partial charge in [-0.3, -0.25) is 10.2 Å². The highest BCUT2D eigenvalue weighted by Crippen LogP contribution is 2.02. The minimum atomic E-state index is -0.883. The molecule has 1 unspecified atom stereocenters. The Bertz CT molecular complexity index is 323. The first-order chi connectivity index (χ1) is 7.74. The second kappa shape index (κ2) is 9.24. The molecule has 0 aliphatic rings. The largest absolute Gasteiger partial charge is 0.480 e.